The van der Waals surface area contributed by atoms with Crippen LogP contribution in [0.2, 0.25) is 0 Å². The smallest absolute Gasteiger partial charge is 0.332 e. The highest BCUT2D eigenvalue weighted by atomic mass is 32.1. The molecule has 2 heterocycles. The molecule has 0 saturated carbocycles. The molecule has 176 valence electrons. The van der Waals surface area contributed by atoms with Crippen LogP contribution < -0.4 is 25.8 Å². The highest BCUT2D eigenvalue weighted by Gasteiger charge is 2.35. The van der Waals surface area contributed by atoms with Crippen molar-refractivity contribution in [2.24, 2.45) is 5.73 Å². The number of methoxy groups -OCH3 is 1. The van der Waals surface area contributed by atoms with Crippen LogP contribution in [0, 0.1) is 24.1 Å². The van der Waals surface area contributed by atoms with Crippen molar-refractivity contribution < 1.29 is 18.7 Å². The minimum atomic E-state index is -1.05. The quantitative estimate of drug-likeness (QED) is 0.535. The lowest BCUT2D eigenvalue weighted by Crippen LogP contribution is -2.40. The Balaban J connectivity index is 2.06. The number of thiazole rings is 1. The van der Waals surface area contributed by atoms with Crippen LogP contribution in [0.4, 0.5) is 10.1 Å². The average molecular weight is 491 g/mol. The molecule has 0 saturated heterocycles. The second-order valence-electron chi connectivity index (χ2n) is 7.72. The van der Waals surface area contributed by atoms with Crippen LogP contribution in [-0.4, -0.2) is 23.6 Å². The Morgan fingerprint density at radius 3 is 2.66 bits per heavy atom. The summed E-state index contributed by atoms with van der Waals surface area (Å²) >= 11 is 0.854. The Morgan fingerprint density at radius 2 is 2.00 bits per heavy atom. The molecule has 8 nitrogen and oxygen atoms in total. The minimum Gasteiger partial charge on any atom is -0.466 e. The summed E-state index contributed by atoms with van der Waals surface area (Å²) < 4.78 is 19.9. The third kappa shape index (κ3) is 4.37. The molecule has 1 aromatic heterocycles. The summed E-state index contributed by atoms with van der Waals surface area (Å²) in [5.74, 6) is -3.19. The molecule has 0 unspecified atom stereocenters. The maximum Gasteiger partial charge on any atom is 0.332 e. The van der Waals surface area contributed by atoms with Crippen molar-refractivity contribution in [2.75, 3.05) is 12.4 Å². The van der Waals surface area contributed by atoms with Gasteiger partial charge in [-0.15, -0.1) is 11.3 Å². The van der Waals surface area contributed by atoms with Crippen LogP contribution in [0.3, 0.4) is 0 Å². The number of nitriles is 1. The van der Waals surface area contributed by atoms with E-state index in [2.05, 4.69) is 10.1 Å². The van der Waals surface area contributed by atoms with Gasteiger partial charge < -0.3 is 15.8 Å². The number of esters is 1. The third-order valence-corrected chi connectivity index (χ3v) is 6.53. The first-order valence-corrected chi connectivity index (χ1v) is 11.2. The molecular weight excluding hydrogens is 471 g/mol. The molecule has 0 bridgehead atoms. The second-order valence-corrected chi connectivity index (χ2v) is 8.75. The Bertz CT molecular complexity index is 1630. The molecular formula is C25H19FN4O4S. The minimum absolute atomic E-state index is 0.0227. The Labute approximate surface area is 202 Å². The summed E-state index contributed by atoms with van der Waals surface area (Å²) in [5.41, 5.74) is 7.19. The van der Waals surface area contributed by atoms with Gasteiger partial charge in [-0.3, -0.25) is 14.2 Å². The van der Waals surface area contributed by atoms with Gasteiger partial charge in [-0.1, -0.05) is 24.3 Å². The number of fused-ring (bicyclic) bond motifs is 1. The number of benzene rings is 2. The molecule has 4 rings (SSSR count). The molecule has 1 aliphatic heterocycles. The van der Waals surface area contributed by atoms with Gasteiger partial charge in [-0.05, 0) is 42.3 Å². The lowest BCUT2D eigenvalue weighted by Gasteiger charge is -2.25. The Morgan fingerprint density at radius 1 is 1.26 bits per heavy atom. The molecule has 35 heavy (non-hydrogen) atoms. The molecule has 3 N–H and O–H groups in total. The van der Waals surface area contributed by atoms with E-state index in [1.807, 2.05) is 19.1 Å². The summed E-state index contributed by atoms with van der Waals surface area (Å²) in [6.07, 6.45) is 0.991. The number of aryl methyl sites for hydroxylation is 1. The summed E-state index contributed by atoms with van der Waals surface area (Å²) in [5, 5.41) is 12.8. The SMILES string of the molecule is COC(=O)/C=c1\sc2n(c1=O)C(N)=C(C#N)[C@@H](c1cccc(F)c1)C=2C(=O)Nc1cccc(C)c1. The van der Waals surface area contributed by atoms with E-state index in [1.165, 1.54) is 25.3 Å². The molecule has 3 aromatic rings. The maximum atomic E-state index is 14.2. The van der Waals surface area contributed by atoms with Crippen molar-refractivity contribution in [1.29, 1.82) is 5.26 Å². The summed E-state index contributed by atoms with van der Waals surface area (Å²) in [6, 6.07) is 14.5. The maximum absolute atomic E-state index is 14.2. The normalized spacial score (nSPS) is 15.4. The Hall–Kier alpha value is -4.49. The molecule has 2 aromatic carbocycles. The number of halogens is 1. The van der Waals surface area contributed by atoms with Gasteiger partial charge >= 0.3 is 5.97 Å². The number of anilines is 1. The van der Waals surface area contributed by atoms with Crippen LogP contribution in [0.15, 0.2) is 58.9 Å². The van der Waals surface area contributed by atoms with Crippen LogP contribution in [0.5, 0.6) is 0 Å². The first-order chi connectivity index (χ1) is 16.7. The Kier molecular flexibility index (Phi) is 6.36. The molecule has 10 heteroatoms. The van der Waals surface area contributed by atoms with Crippen molar-refractivity contribution in [3.63, 3.8) is 0 Å². The average Bonchev–Trinajstić information content (AvgIpc) is 3.14. The fraction of sp³-hybridized carbons (Fsp3) is 0.120. The monoisotopic (exact) mass is 490 g/mol. The van der Waals surface area contributed by atoms with Crippen LogP contribution >= 0.6 is 11.3 Å². The van der Waals surface area contributed by atoms with Gasteiger partial charge in [0, 0.05) is 11.8 Å². The number of nitrogens with one attached hydrogen (secondary N) is 1. The number of amides is 1. The highest BCUT2D eigenvalue weighted by Crippen LogP contribution is 2.36. The number of carbonyl (C=O) groups excluding carboxylic acids is 2. The first kappa shape index (κ1) is 23.7. The van der Waals surface area contributed by atoms with Crippen molar-refractivity contribution in [2.45, 2.75) is 12.8 Å². The number of ether oxygens (including phenoxy) is 1. The fourth-order valence-corrected chi connectivity index (χ4v) is 5.01. The van der Waals surface area contributed by atoms with Crippen molar-refractivity contribution in [3.05, 3.63) is 90.6 Å². The van der Waals surface area contributed by atoms with Gasteiger partial charge in [0.2, 0.25) is 0 Å². The highest BCUT2D eigenvalue weighted by molar-refractivity contribution is 7.07. The van der Waals surface area contributed by atoms with Crippen molar-refractivity contribution in [1.82, 2.24) is 4.57 Å². The van der Waals surface area contributed by atoms with Gasteiger partial charge in [-0.25, -0.2) is 9.18 Å². The fourth-order valence-electron chi connectivity index (χ4n) is 3.87. The molecule has 1 aliphatic rings. The van der Waals surface area contributed by atoms with Gasteiger partial charge in [-0.2, -0.15) is 5.26 Å². The third-order valence-electron chi connectivity index (χ3n) is 5.42. The van der Waals surface area contributed by atoms with E-state index in [0.717, 1.165) is 27.5 Å². The van der Waals surface area contributed by atoms with Gasteiger partial charge in [0.05, 0.1) is 30.2 Å². The van der Waals surface area contributed by atoms with E-state index in [0.29, 0.717) is 11.3 Å². The predicted molar refractivity (Wildman–Crippen MR) is 130 cm³/mol. The van der Waals surface area contributed by atoms with E-state index in [1.54, 1.807) is 24.3 Å². The van der Waals surface area contributed by atoms with Crippen LogP contribution in [-0.2, 0) is 14.3 Å². The van der Waals surface area contributed by atoms with Gasteiger partial charge in [0.1, 0.15) is 20.8 Å². The summed E-state index contributed by atoms with van der Waals surface area (Å²) in [6.45, 7) is 1.86. The van der Waals surface area contributed by atoms with E-state index in [-0.39, 0.29) is 26.2 Å². The number of allylic oxidation sites excluding steroid dienone is 1. The van der Waals surface area contributed by atoms with E-state index < -0.39 is 29.2 Å². The van der Waals surface area contributed by atoms with Crippen molar-refractivity contribution >= 4 is 46.4 Å². The van der Waals surface area contributed by atoms with Crippen molar-refractivity contribution in [3.8, 4) is 6.07 Å². The predicted octanol–water partition coefficient (Wildman–Crippen LogP) is 1.55. The first-order valence-electron chi connectivity index (χ1n) is 10.3. The zero-order valence-corrected chi connectivity index (χ0v) is 19.5. The number of hydrogen-bond acceptors (Lipinski definition) is 7. The zero-order valence-electron chi connectivity index (χ0n) is 18.7. The lowest BCUT2D eigenvalue weighted by molar-refractivity contribution is -0.133. The number of hydrogen-bond donors (Lipinski definition) is 2. The molecule has 1 atom stereocenters. The summed E-state index contributed by atoms with van der Waals surface area (Å²) in [4.78, 5) is 38.6. The number of nitrogens with two attached hydrogens (primary N) is 1. The summed E-state index contributed by atoms with van der Waals surface area (Å²) in [7, 11) is 1.17. The second kappa shape index (κ2) is 9.40. The zero-order chi connectivity index (χ0) is 25.3. The van der Waals surface area contributed by atoms with E-state index in [9.17, 15) is 24.0 Å². The largest absolute Gasteiger partial charge is 0.466 e. The lowest BCUT2D eigenvalue weighted by atomic mass is 9.83. The molecule has 0 aliphatic carbocycles. The van der Waals surface area contributed by atoms with Gasteiger partial charge in [0.25, 0.3) is 11.5 Å². The standard InChI is InChI=1S/C25H19FN4O4S/c1-13-5-3-8-16(9-13)29-23(32)21-20(14-6-4-7-15(26)10-14)17(12-27)22(28)30-24(33)18(35-25(21)30)11-19(31)34-2/h3-11,20H,28H2,1-2H3,(H,29,32)/b18-11-/t20-/m1/s1. The van der Waals surface area contributed by atoms with Crippen LogP contribution in [0.1, 0.15) is 17.0 Å². The van der Waals surface area contributed by atoms with E-state index in [4.69, 9.17) is 5.73 Å². The topological polar surface area (TPSA) is 127 Å². The number of carbonyl (C=O) groups is 2. The van der Waals surface area contributed by atoms with Crippen LogP contribution in [0.25, 0.3) is 17.5 Å². The number of rotatable bonds is 4. The number of aromatic nitrogens is 1. The van der Waals surface area contributed by atoms with E-state index >= 15 is 0 Å². The molecule has 0 radical (unpaired) electrons. The number of nitrogens with zero attached hydrogens (tertiary/aromatic N) is 2. The molecule has 0 spiro atoms. The molecule has 0 fully saturated rings. The molecule has 1 amide bonds. The van der Waals surface area contributed by atoms with Gasteiger partial charge in [0.15, 0.2) is 0 Å².